The molecule has 0 aliphatic carbocycles. The second kappa shape index (κ2) is 11.2. The van der Waals surface area contributed by atoms with Crippen molar-refractivity contribution in [3.63, 3.8) is 0 Å². The third kappa shape index (κ3) is 6.24. The summed E-state index contributed by atoms with van der Waals surface area (Å²) in [5.74, 6) is 0.804. The molecule has 0 saturated heterocycles. The van der Waals surface area contributed by atoms with Gasteiger partial charge in [0.2, 0.25) is 0 Å². The molecule has 2 aromatic rings. The number of carbonyl (C=O) groups excluding carboxylic acids is 2. The van der Waals surface area contributed by atoms with Crippen molar-refractivity contribution in [2.75, 3.05) is 46.3 Å². The number of fused-ring (bicyclic) bond motifs is 1. The van der Waals surface area contributed by atoms with Gasteiger partial charge in [-0.05, 0) is 43.2 Å². The molecule has 1 heterocycles. The average molecular weight is 456 g/mol. The zero-order valence-electron chi connectivity index (χ0n) is 19.9. The first kappa shape index (κ1) is 24.5. The number of ether oxygens (including phenoxy) is 3. The van der Waals surface area contributed by atoms with Crippen LogP contribution in [0.1, 0.15) is 34.6 Å². The smallest absolute Gasteiger partial charge is 0.257 e. The van der Waals surface area contributed by atoms with Gasteiger partial charge in [0, 0.05) is 50.6 Å². The molecule has 2 amide bonds. The molecule has 178 valence electrons. The number of nitrogens with zero attached hydrogens (tertiary/aromatic N) is 1. The Balaban J connectivity index is 1.86. The topological polar surface area (TPSA) is 89.1 Å². The van der Waals surface area contributed by atoms with E-state index in [1.54, 1.807) is 68.6 Å². The van der Waals surface area contributed by atoms with Crippen LogP contribution >= 0.6 is 0 Å². The molecular formula is C25H33N3O5. The summed E-state index contributed by atoms with van der Waals surface area (Å²) >= 11 is 0. The van der Waals surface area contributed by atoms with Crippen LogP contribution in [0.5, 0.6) is 11.5 Å². The number of methoxy groups -OCH3 is 2. The van der Waals surface area contributed by atoms with Crippen molar-refractivity contribution in [2.45, 2.75) is 26.0 Å². The Hall–Kier alpha value is -3.10. The Bertz CT molecular complexity index is 980. The molecule has 0 unspecified atom stereocenters. The van der Waals surface area contributed by atoms with E-state index in [1.165, 1.54) is 0 Å². The van der Waals surface area contributed by atoms with Gasteiger partial charge in [0.1, 0.15) is 18.1 Å². The summed E-state index contributed by atoms with van der Waals surface area (Å²) < 4.78 is 16.9. The number of nitrogens with one attached hydrogen (secondary N) is 2. The van der Waals surface area contributed by atoms with E-state index in [0.717, 1.165) is 6.54 Å². The third-order valence-electron chi connectivity index (χ3n) is 5.82. The van der Waals surface area contributed by atoms with Crippen LogP contribution in [0.25, 0.3) is 0 Å². The molecule has 0 saturated carbocycles. The molecule has 0 aromatic heterocycles. The molecule has 8 heteroatoms. The fraction of sp³-hybridized carbons (Fsp3) is 0.440. The first-order valence-electron chi connectivity index (χ1n) is 11.1. The van der Waals surface area contributed by atoms with Crippen molar-refractivity contribution < 1.29 is 23.8 Å². The Morgan fingerprint density at radius 2 is 1.97 bits per heavy atom. The van der Waals surface area contributed by atoms with Crippen molar-refractivity contribution >= 4 is 17.5 Å². The van der Waals surface area contributed by atoms with Gasteiger partial charge in [-0.25, -0.2) is 0 Å². The zero-order valence-corrected chi connectivity index (χ0v) is 19.9. The monoisotopic (exact) mass is 455 g/mol. The second-order valence-electron chi connectivity index (χ2n) is 8.45. The molecule has 2 N–H and O–H groups in total. The average Bonchev–Trinajstić information content (AvgIpc) is 2.83. The highest BCUT2D eigenvalue weighted by Gasteiger charge is 2.25. The highest BCUT2D eigenvalue weighted by atomic mass is 16.5. The zero-order chi connectivity index (χ0) is 24.0. The Kier molecular flexibility index (Phi) is 8.30. The third-order valence-corrected chi connectivity index (χ3v) is 5.82. The van der Waals surface area contributed by atoms with Crippen LogP contribution in [0.4, 0.5) is 5.69 Å². The van der Waals surface area contributed by atoms with Crippen LogP contribution in [0.3, 0.4) is 0 Å². The van der Waals surface area contributed by atoms with Crippen molar-refractivity contribution in [1.82, 2.24) is 10.2 Å². The number of likely N-dealkylation sites (N-methyl/N-ethyl adjacent to an activating group) is 1. The van der Waals surface area contributed by atoms with Crippen molar-refractivity contribution in [2.24, 2.45) is 5.92 Å². The minimum atomic E-state index is -0.280. The van der Waals surface area contributed by atoms with Crippen LogP contribution in [-0.4, -0.2) is 69.8 Å². The lowest BCUT2D eigenvalue weighted by Gasteiger charge is -2.30. The highest BCUT2D eigenvalue weighted by molar-refractivity contribution is 6.05. The van der Waals surface area contributed by atoms with E-state index in [4.69, 9.17) is 14.2 Å². The van der Waals surface area contributed by atoms with Crippen molar-refractivity contribution in [3.8, 4) is 11.5 Å². The van der Waals surface area contributed by atoms with Crippen LogP contribution in [0.15, 0.2) is 42.5 Å². The molecule has 33 heavy (non-hydrogen) atoms. The van der Waals surface area contributed by atoms with Crippen LogP contribution in [-0.2, 0) is 4.74 Å². The molecule has 3 rings (SSSR count). The van der Waals surface area contributed by atoms with Crippen LogP contribution < -0.4 is 20.1 Å². The standard InChI is InChI=1S/C25H33N3O5/c1-16-13-26-17(2)15-33-22-12-19(27-24(29)18-7-6-8-20(11-18)31-4)9-10-21(22)25(30)28(3)14-23(16)32-5/h6-12,16-17,23,26H,13-15H2,1-5H3,(H,27,29)/t16-,17+,23+/m0/s1. The van der Waals surface area contributed by atoms with Crippen molar-refractivity contribution in [3.05, 3.63) is 53.6 Å². The maximum absolute atomic E-state index is 13.2. The molecule has 0 bridgehead atoms. The van der Waals surface area contributed by atoms with E-state index < -0.39 is 0 Å². The summed E-state index contributed by atoms with van der Waals surface area (Å²) in [5, 5.41) is 6.33. The van der Waals surface area contributed by atoms with Gasteiger partial charge in [0.05, 0.1) is 18.8 Å². The summed E-state index contributed by atoms with van der Waals surface area (Å²) in [6, 6.07) is 12.1. The number of benzene rings is 2. The number of hydrogen-bond donors (Lipinski definition) is 2. The molecule has 2 aromatic carbocycles. The van der Waals surface area contributed by atoms with Crippen molar-refractivity contribution in [1.29, 1.82) is 0 Å². The summed E-state index contributed by atoms with van der Waals surface area (Å²) in [6.07, 6.45) is -0.0936. The maximum Gasteiger partial charge on any atom is 0.257 e. The lowest BCUT2D eigenvalue weighted by Crippen LogP contribution is -2.44. The first-order chi connectivity index (χ1) is 15.8. The second-order valence-corrected chi connectivity index (χ2v) is 8.45. The van der Waals surface area contributed by atoms with E-state index in [1.807, 2.05) is 6.92 Å². The number of hydrogen-bond acceptors (Lipinski definition) is 6. The summed E-state index contributed by atoms with van der Waals surface area (Å²) in [6.45, 7) is 5.71. The fourth-order valence-corrected chi connectivity index (χ4v) is 3.70. The van der Waals surface area contributed by atoms with Crippen LogP contribution in [0.2, 0.25) is 0 Å². The Labute approximate surface area is 195 Å². The summed E-state index contributed by atoms with van der Waals surface area (Å²) in [4.78, 5) is 27.6. The van der Waals surface area contributed by atoms with Gasteiger partial charge in [-0.2, -0.15) is 0 Å². The molecule has 8 nitrogen and oxygen atoms in total. The van der Waals surface area contributed by atoms with Gasteiger partial charge >= 0.3 is 0 Å². The normalized spacial score (nSPS) is 21.8. The Morgan fingerprint density at radius 1 is 1.18 bits per heavy atom. The fourth-order valence-electron chi connectivity index (χ4n) is 3.70. The van der Waals surface area contributed by atoms with Gasteiger partial charge in [0.15, 0.2) is 0 Å². The van der Waals surface area contributed by atoms with E-state index in [0.29, 0.717) is 41.5 Å². The quantitative estimate of drug-likeness (QED) is 0.737. The molecule has 1 aliphatic rings. The van der Waals surface area contributed by atoms with E-state index in [9.17, 15) is 9.59 Å². The maximum atomic E-state index is 13.2. The number of anilines is 1. The molecule has 3 atom stereocenters. The van der Waals surface area contributed by atoms with Gasteiger partial charge in [-0.15, -0.1) is 0 Å². The van der Waals surface area contributed by atoms with Gasteiger partial charge in [-0.3, -0.25) is 9.59 Å². The predicted molar refractivity (Wildman–Crippen MR) is 127 cm³/mol. The van der Waals surface area contributed by atoms with Crippen LogP contribution in [0, 0.1) is 5.92 Å². The number of rotatable bonds is 4. The summed E-state index contributed by atoms with van der Waals surface area (Å²) in [5.41, 5.74) is 1.44. The molecular weight excluding hydrogens is 422 g/mol. The van der Waals surface area contributed by atoms with E-state index in [-0.39, 0.29) is 29.9 Å². The molecule has 1 aliphatic heterocycles. The van der Waals surface area contributed by atoms with E-state index >= 15 is 0 Å². The SMILES string of the molecule is COc1cccc(C(=O)Nc2ccc3c(c2)OC[C@@H](C)NC[C@H](C)[C@H](OC)CN(C)C3=O)c1. The lowest BCUT2D eigenvalue weighted by atomic mass is 10.0. The Morgan fingerprint density at radius 3 is 2.70 bits per heavy atom. The summed E-state index contributed by atoms with van der Waals surface area (Å²) in [7, 11) is 4.98. The predicted octanol–water partition coefficient (Wildman–Crippen LogP) is 3.04. The van der Waals surface area contributed by atoms with E-state index in [2.05, 4.69) is 17.6 Å². The van der Waals surface area contributed by atoms with Gasteiger partial charge < -0.3 is 29.7 Å². The number of carbonyl (C=O) groups is 2. The minimum absolute atomic E-state index is 0.0695. The minimum Gasteiger partial charge on any atom is -0.497 e. The van der Waals surface area contributed by atoms with Gasteiger partial charge in [-0.1, -0.05) is 13.0 Å². The first-order valence-corrected chi connectivity index (χ1v) is 11.1. The number of amides is 2. The molecule has 0 spiro atoms. The van der Waals surface area contributed by atoms with Gasteiger partial charge in [0.25, 0.3) is 11.8 Å². The molecule has 0 radical (unpaired) electrons. The largest absolute Gasteiger partial charge is 0.497 e. The highest BCUT2D eigenvalue weighted by Crippen LogP contribution is 2.26. The molecule has 0 fully saturated rings. The lowest BCUT2D eigenvalue weighted by molar-refractivity contribution is 0.0281.